The molecule has 1 aromatic carbocycles. The van der Waals surface area contributed by atoms with E-state index in [0.29, 0.717) is 25.9 Å². The Balaban J connectivity index is 1.95. The minimum absolute atomic E-state index is 0.0320. The lowest BCUT2D eigenvalue weighted by Crippen LogP contribution is -2.33. The molecule has 0 spiro atoms. The quantitative estimate of drug-likeness (QED) is 0.821. The van der Waals surface area contributed by atoms with Gasteiger partial charge in [0.1, 0.15) is 5.82 Å². The molecule has 0 saturated heterocycles. The van der Waals surface area contributed by atoms with Crippen molar-refractivity contribution in [3.05, 3.63) is 53.1 Å². The monoisotopic (exact) mass is 301 g/mol. The number of nitrogens with one attached hydrogen (secondary N) is 1. The number of aromatic nitrogens is 2. The third-order valence-corrected chi connectivity index (χ3v) is 3.53. The van der Waals surface area contributed by atoms with Crippen molar-refractivity contribution in [3.8, 4) is 0 Å². The third-order valence-electron chi connectivity index (χ3n) is 3.53. The van der Waals surface area contributed by atoms with Crippen LogP contribution < -0.4 is 0 Å². The minimum Gasteiger partial charge on any atom is -0.395 e. The number of H-pyrrole nitrogens is 1. The number of hydrogen-bond donors (Lipinski definition) is 2. The maximum absolute atomic E-state index is 12.4. The summed E-state index contributed by atoms with van der Waals surface area (Å²) in [5.74, 6) is 0.762. The summed E-state index contributed by atoms with van der Waals surface area (Å²) in [5, 5.41) is 9.15. The molecule has 1 aromatic heterocycles. The Labute approximate surface area is 131 Å². The molecular weight excluding hydrogens is 278 g/mol. The number of nitrogens with zero attached hydrogens (tertiary/aromatic N) is 2. The number of aromatic amines is 1. The van der Waals surface area contributed by atoms with Gasteiger partial charge < -0.3 is 15.0 Å². The van der Waals surface area contributed by atoms with Gasteiger partial charge in [-0.15, -0.1) is 0 Å². The topological polar surface area (TPSA) is 69.2 Å². The molecule has 1 amide bonds. The van der Waals surface area contributed by atoms with Crippen LogP contribution in [-0.4, -0.2) is 39.0 Å². The van der Waals surface area contributed by atoms with Crippen molar-refractivity contribution in [1.29, 1.82) is 0 Å². The first-order chi connectivity index (χ1) is 10.6. The average molecular weight is 301 g/mol. The molecule has 2 aromatic rings. The summed E-state index contributed by atoms with van der Waals surface area (Å²) in [6.07, 6.45) is 4.53. The van der Waals surface area contributed by atoms with E-state index in [-0.39, 0.29) is 12.5 Å². The van der Waals surface area contributed by atoms with Crippen molar-refractivity contribution in [1.82, 2.24) is 14.9 Å². The molecule has 0 aliphatic carbocycles. The predicted octanol–water partition coefficient (Wildman–Crippen LogP) is 1.98. The first-order valence-corrected chi connectivity index (χ1v) is 7.52. The molecule has 0 saturated carbocycles. The van der Waals surface area contributed by atoms with Crippen LogP contribution in [0.15, 0.2) is 30.6 Å². The third kappa shape index (κ3) is 4.70. The summed E-state index contributed by atoms with van der Waals surface area (Å²) in [4.78, 5) is 21.1. The Morgan fingerprint density at radius 2 is 2.00 bits per heavy atom. The molecule has 0 atom stereocenters. The summed E-state index contributed by atoms with van der Waals surface area (Å²) in [6, 6.07) is 6.35. The number of imidazole rings is 1. The van der Waals surface area contributed by atoms with Gasteiger partial charge in [-0.2, -0.15) is 0 Å². The fourth-order valence-corrected chi connectivity index (χ4v) is 2.60. The standard InChI is InChI=1S/C17H23N3O2/c1-13-9-14(2)11-15(10-13)3-4-17(22)20(7-8-21)12-16-18-5-6-19-16/h5-6,9-11,21H,3-4,7-8,12H2,1-2H3,(H,18,19). The number of carbonyl (C=O) groups is 1. The Morgan fingerprint density at radius 3 is 2.59 bits per heavy atom. The minimum atomic E-state index is -0.0456. The van der Waals surface area contributed by atoms with Crippen LogP contribution in [0.3, 0.4) is 0 Å². The molecule has 5 nitrogen and oxygen atoms in total. The lowest BCUT2D eigenvalue weighted by Gasteiger charge is -2.20. The van der Waals surface area contributed by atoms with Gasteiger partial charge in [0.05, 0.1) is 13.2 Å². The molecule has 118 valence electrons. The number of rotatable bonds is 7. The molecule has 0 fully saturated rings. The van der Waals surface area contributed by atoms with Crippen molar-refractivity contribution in [2.75, 3.05) is 13.2 Å². The maximum atomic E-state index is 12.4. The van der Waals surface area contributed by atoms with Gasteiger partial charge in [0.2, 0.25) is 5.91 Å². The van der Waals surface area contributed by atoms with Crippen molar-refractivity contribution >= 4 is 5.91 Å². The Hall–Kier alpha value is -2.14. The zero-order valence-corrected chi connectivity index (χ0v) is 13.2. The molecule has 5 heteroatoms. The second kappa shape index (κ2) is 7.75. The van der Waals surface area contributed by atoms with Gasteiger partial charge in [-0.05, 0) is 25.8 Å². The van der Waals surface area contributed by atoms with E-state index in [1.165, 1.54) is 16.7 Å². The predicted molar refractivity (Wildman–Crippen MR) is 85.3 cm³/mol. The molecule has 0 aliphatic rings. The van der Waals surface area contributed by atoms with E-state index in [4.69, 9.17) is 5.11 Å². The normalized spacial score (nSPS) is 10.7. The van der Waals surface area contributed by atoms with Gasteiger partial charge in [0, 0.05) is 25.4 Å². The number of aryl methyl sites for hydroxylation is 3. The average Bonchev–Trinajstić information content (AvgIpc) is 2.96. The molecule has 2 rings (SSSR count). The summed E-state index contributed by atoms with van der Waals surface area (Å²) in [6.45, 7) is 4.81. The first-order valence-electron chi connectivity index (χ1n) is 7.52. The highest BCUT2D eigenvalue weighted by atomic mass is 16.3. The number of hydrogen-bond acceptors (Lipinski definition) is 3. The highest BCUT2D eigenvalue weighted by Crippen LogP contribution is 2.12. The van der Waals surface area contributed by atoms with Crippen LogP contribution in [-0.2, 0) is 17.8 Å². The maximum Gasteiger partial charge on any atom is 0.223 e. The lowest BCUT2D eigenvalue weighted by atomic mass is 10.0. The molecule has 0 radical (unpaired) electrons. The first kappa shape index (κ1) is 16.2. The van der Waals surface area contributed by atoms with Crippen molar-refractivity contribution in [2.45, 2.75) is 33.2 Å². The van der Waals surface area contributed by atoms with Crippen molar-refractivity contribution in [2.24, 2.45) is 0 Å². The Bertz CT molecular complexity index is 588. The molecule has 22 heavy (non-hydrogen) atoms. The molecular formula is C17H23N3O2. The molecule has 2 N–H and O–H groups in total. The van der Waals surface area contributed by atoms with Crippen LogP contribution in [0, 0.1) is 13.8 Å². The van der Waals surface area contributed by atoms with E-state index in [1.807, 2.05) is 0 Å². The lowest BCUT2D eigenvalue weighted by molar-refractivity contribution is -0.132. The molecule has 0 aliphatic heterocycles. The number of aliphatic hydroxyl groups is 1. The van der Waals surface area contributed by atoms with Crippen molar-refractivity contribution < 1.29 is 9.90 Å². The van der Waals surface area contributed by atoms with Crippen LogP contribution in [0.1, 0.15) is 28.9 Å². The molecule has 0 unspecified atom stereocenters. The zero-order chi connectivity index (χ0) is 15.9. The highest BCUT2D eigenvalue weighted by molar-refractivity contribution is 5.76. The van der Waals surface area contributed by atoms with Crippen LogP contribution in [0.4, 0.5) is 0 Å². The zero-order valence-electron chi connectivity index (χ0n) is 13.2. The second-order valence-corrected chi connectivity index (χ2v) is 5.57. The fraction of sp³-hybridized carbons (Fsp3) is 0.412. The Morgan fingerprint density at radius 1 is 1.27 bits per heavy atom. The van der Waals surface area contributed by atoms with E-state index in [2.05, 4.69) is 42.0 Å². The highest BCUT2D eigenvalue weighted by Gasteiger charge is 2.14. The smallest absolute Gasteiger partial charge is 0.223 e. The van der Waals surface area contributed by atoms with E-state index < -0.39 is 0 Å². The fourth-order valence-electron chi connectivity index (χ4n) is 2.60. The van der Waals surface area contributed by atoms with E-state index in [9.17, 15) is 4.79 Å². The summed E-state index contributed by atoms with van der Waals surface area (Å²) in [7, 11) is 0. The molecule has 1 heterocycles. The van der Waals surface area contributed by atoms with Crippen LogP contribution in [0.25, 0.3) is 0 Å². The largest absolute Gasteiger partial charge is 0.395 e. The van der Waals surface area contributed by atoms with Crippen molar-refractivity contribution in [3.63, 3.8) is 0 Å². The number of amides is 1. The Kier molecular flexibility index (Phi) is 5.72. The van der Waals surface area contributed by atoms with E-state index in [0.717, 1.165) is 5.82 Å². The van der Waals surface area contributed by atoms with Crippen LogP contribution in [0.5, 0.6) is 0 Å². The summed E-state index contributed by atoms with van der Waals surface area (Å²) >= 11 is 0. The number of carbonyl (C=O) groups excluding carboxylic acids is 1. The van der Waals surface area contributed by atoms with Gasteiger partial charge in [-0.25, -0.2) is 4.98 Å². The SMILES string of the molecule is Cc1cc(C)cc(CCC(=O)N(CCO)Cc2ncc[nH]2)c1. The van der Waals surface area contributed by atoms with Gasteiger partial charge in [0.25, 0.3) is 0 Å². The van der Waals surface area contributed by atoms with Crippen LogP contribution in [0.2, 0.25) is 0 Å². The van der Waals surface area contributed by atoms with Gasteiger partial charge in [0.15, 0.2) is 0 Å². The van der Waals surface area contributed by atoms with Gasteiger partial charge in [-0.3, -0.25) is 4.79 Å². The second-order valence-electron chi connectivity index (χ2n) is 5.57. The number of aliphatic hydroxyl groups excluding tert-OH is 1. The van der Waals surface area contributed by atoms with E-state index >= 15 is 0 Å². The summed E-state index contributed by atoms with van der Waals surface area (Å²) < 4.78 is 0. The van der Waals surface area contributed by atoms with E-state index in [1.54, 1.807) is 17.3 Å². The number of benzene rings is 1. The van der Waals surface area contributed by atoms with Gasteiger partial charge >= 0.3 is 0 Å². The summed E-state index contributed by atoms with van der Waals surface area (Å²) in [5.41, 5.74) is 3.60. The van der Waals surface area contributed by atoms with Crippen LogP contribution >= 0.6 is 0 Å². The molecule has 0 bridgehead atoms. The van der Waals surface area contributed by atoms with Gasteiger partial charge in [-0.1, -0.05) is 29.3 Å².